The van der Waals surface area contributed by atoms with Crippen LogP contribution >= 0.6 is 0 Å². The molecule has 0 saturated carbocycles. The minimum Gasteiger partial charge on any atom is -0.334 e. The standard InChI is InChI=1S/C17H16N2O/c1-3-14-7-5-9-16(11-14)19-17(20)18-12-15-8-4-6-13(2)10-15/h1,4-11H,12H2,2H3,(H2,18,19,20). The molecule has 3 heteroatoms. The summed E-state index contributed by atoms with van der Waals surface area (Å²) in [5, 5.41) is 5.57. The molecule has 2 N–H and O–H groups in total. The zero-order valence-electron chi connectivity index (χ0n) is 11.3. The molecule has 0 radical (unpaired) electrons. The average molecular weight is 264 g/mol. The number of terminal acetylenes is 1. The highest BCUT2D eigenvalue weighted by Gasteiger charge is 2.02. The van der Waals surface area contributed by atoms with Crippen LogP contribution in [-0.4, -0.2) is 6.03 Å². The number of urea groups is 1. The number of amides is 2. The van der Waals surface area contributed by atoms with Gasteiger partial charge in [0.25, 0.3) is 0 Å². The first-order valence-corrected chi connectivity index (χ1v) is 6.34. The monoisotopic (exact) mass is 264 g/mol. The van der Waals surface area contributed by atoms with Gasteiger partial charge in [0, 0.05) is 17.8 Å². The summed E-state index contributed by atoms with van der Waals surface area (Å²) in [7, 11) is 0. The smallest absolute Gasteiger partial charge is 0.319 e. The van der Waals surface area contributed by atoms with Crippen molar-refractivity contribution in [1.82, 2.24) is 5.32 Å². The zero-order chi connectivity index (χ0) is 14.4. The van der Waals surface area contributed by atoms with Gasteiger partial charge in [-0.2, -0.15) is 0 Å². The first kappa shape index (κ1) is 13.7. The second-order valence-electron chi connectivity index (χ2n) is 4.52. The molecular weight excluding hydrogens is 248 g/mol. The van der Waals surface area contributed by atoms with Crippen molar-refractivity contribution in [3.63, 3.8) is 0 Å². The molecule has 20 heavy (non-hydrogen) atoms. The van der Waals surface area contributed by atoms with Gasteiger partial charge in [-0.1, -0.05) is 41.8 Å². The molecule has 0 heterocycles. The Morgan fingerprint density at radius 3 is 2.75 bits per heavy atom. The number of nitrogens with one attached hydrogen (secondary N) is 2. The first-order chi connectivity index (χ1) is 9.67. The van der Waals surface area contributed by atoms with Gasteiger partial charge in [-0.3, -0.25) is 0 Å². The van der Waals surface area contributed by atoms with Crippen molar-refractivity contribution in [1.29, 1.82) is 0 Å². The van der Waals surface area contributed by atoms with E-state index in [-0.39, 0.29) is 6.03 Å². The van der Waals surface area contributed by atoms with Crippen LogP contribution in [0.15, 0.2) is 48.5 Å². The van der Waals surface area contributed by atoms with E-state index in [1.54, 1.807) is 12.1 Å². The summed E-state index contributed by atoms with van der Waals surface area (Å²) in [6.07, 6.45) is 5.32. The third kappa shape index (κ3) is 3.89. The number of hydrogen-bond acceptors (Lipinski definition) is 1. The minimum absolute atomic E-state index is 0.249. The van der Waals surface area contributed by atoms with Gasteiger partial charge < -0.3 is 10.6 Å². The number of hydrogen-bond donors (Lipinski definition) is 2. The second-order valence-corrected chi connectivity index (χ2v) is 4.52. The topological polar surface area (TPSA) is 41.1 Å². The Balaban J connectivity index is 1.91. The van der Waals surface area contributed by atoms with Gasteiger partial charge in [-0.15, -0.1) is 6.42 Å². The molecule has 0 aromatic heterocycles. The summed E-state index contributed by atoms with van der Waals surface area (Å²) >= 11 is 0. The van der Waals surface area contributed by atoms with Gasteiger partial charge >= 0.3 is 6.03 Å². The highest BCUT2D eigenvalue weighted by atomic mass is 16.2. The van der Waals surface area contributed by atoms with Gasteiger partial charge in [-0.25, -0.2) is 4.79 Å². The van der Waals surface area contributed by atoms with Crippen LogP contribution in [0.2, 0.25) is 0 Å². The van der Waals surface area contributed by atoms with Crippen LogP contribution in [-0.2, 0) is 6.54 Å². The molecule has 0 fully saturated rings. The molecule has 0 aliphatic carbocycles. The van der Waals surface area contributed by atoms with E-state index in [9.17, 15) is 4.79 Å². The van der Waals surface area contributed by atoms with Crippen molar-refractivity contribution in [3.8, 4) is 12.3 Å². The van der Waals surface area contributed by atoms with Gasteiger partial charge in [-0.05, 0) is 30.7 Å². The van der Waals surface area contributed by atoms with E-state index < -0.39 is 0 Å². The highest BCUT2D eigenvalue weighted by Crippen LogP contribution is 2.09. The van der Waals surface area contributed by atoms with Crippen molar-refractivity contribution in [2.45, 2.75) is 13.5 Å². The SMILES string of the molecule is C#Cc1cccc(NC(=O)NCc2cccc(C)c2)c1. The van der Waals surface area contributed by atoms with Crippen molar-refractivity contribution in [2.75, 3.05) is 5.32 Å². The van der Waals surface area contributed by atoms with Crippen molar-refractivity contribution in [2.24, 2.45) is 0 Å². The molecule has 0 aliphatic heterocycles. The van der Waals surface area contributed by atoms with Crippen LogP contribution in [0.5, 0.6) is 0 Å². The van der Waals surface area contributed by atoms with Gasteiger partial charge in [0.1, 0.15) is 0 Å². The lowest BCUT2D eigenvalue weighted by molar-refractivity contribution is 0.251. The summed E-state index contributed by atoms with van der Waals surface area (Å²) in [4.78, 5) is 11.8. The molecule has 100 valence electrons. The largest absolute Gasteiger partial charge is 0.334 e. The summed E-state index contributed by atoms with van der Waals surface area (Å²) in [6, 6.07) is 14.9. The molecule has 0 aliphatic rings. The molecular formula is C17H16N2O. The second kappa shape index (κ2) is 6.44. The Bertz CT molecular complexity index is 656. The molecule has 2 aromatic carbocycles. The van der Waals surface area contributed by atoms with E-state index in [0.717, 1.165) is 11.1 Å². The fraction of sp³-hybridized carbons (Fsp3) is 0.118. The molecule has 2 aromatic rings. The van der Waals surface area contributed by atoms with E-state index >= 15 is 0 Å². The number of anilines is 1. The number of rotatable bonds is 3. The predicted octanol–water partition coefficient (Wildman–Crippen LogP) is 3.30. The number of aryl methyl sites for hydroxylation is 1. The Labute approximate surface area is 119 Å². The van der Waals surface area contributed by atoms with Crippen LogP contribution in [0.3, 0.4) is 0 Å². The first-order valence-electron chi connectivity index (χ1n) is 6.34. The van der Waals surface area contributed by atoms with Crippen molar-refractivity contribution >= 4 is 11.7 Å². The van der Waals surface area contributed by atoms with Crippen LogP contribution in [0.4, 0.5) is 10.5 Å². The van der Waals surface area contributed by atoms with Crippen LogP contribution < -0.4 is 10.6 Å². The normalized spacial score (nSPS) is 9.60. The Morgan fingerprint density at radius 2 is 2.00 bits per heavy atom. The van der Waals surface area contributed by atoms with E-state index in [1.807, 2.05) is 43.3 Å². The van der Waals surface area contributed by atoms with Crippen molar-refractivity contribution < 1.29 is 4.79 Å². The fourth-order valence-electron chi connectivity index (χ4n) is 1.87. The van der Waals surface area contributed by atoms with Gasteiger partial charge in [0.05, 0.1) is 0 Å². The molecule has 0 saturated heterocycles. The van der Waals surface area contributed by atoms with E-state index in [2.05, 4.69) is 16.6 Å². The maximum Gasteiger partial charge on any atom is 0.319 e. The third-order valence-corrected chi connectivity index (χ3v) is 2.82. The third-order valence-electron chi connectivity index (χ3n) is 2.82. The lowest BCUT2D eigenvalue weighted by Gasteiger charge is -2.08. The maximum atomic E-state index is 11.8. The summed E-state index contributed by atoms with van der Waals surface area (Å²) in [5.41, 5.74) is 3.66. The summed E-state index contributed by atoms with van der Waals surface area (Å²) in [5.74, 6) is 2.53. The Kier molecular flexibility index (Phi) is 4.41. The molecule has 0 spiro atoms. The van der Waals surface area contributed by atoms with Crippen LogP contribution in [0.1, 0.15) is 16.7 Å². The minimum atomic E-state index is -0.249. The van der Waals surface area contributed by atoms with Crippen molar-refractivity contribution in [3.05, 3.63) is 65.2 Å². The molecule has 0 atom stereocenters. The zero-order valence-corrected chi connectivity index (χ0v) is 11.3. The molecule has 2 amide bonds. The van der Waals surface area contributed by atoms with E-state index in [1.165, 1.54) is 5.56 Å². The van der Waals surface area contributed by atoms with Gasteiger partial charge in [0.15, 0.2) is 0 Å². The van der Waals surface area contributed by atoms with Crippen LogP contribution in [0, 0.1) is 19.3 Å². The Hall–Kier alpha value is -2.73. The number of benzene rings is 2. The Morgan fingerprint density at radius 1 is 1.20 bits per heavy atom. The predicted molar refractivity (Wildman–Crippen MR) is 81.4 cm³/mol. The number of carbonyl (C=O) groups excluding carboxylic acids is 1. The van der Waals surface area contributed by atoms with Gasteiger partial charge in [0.2, 0.25) is 0 Å². The van der Waals surface area contributed by atoms with E-state index in [4.69, 9.17) is 6.42 Å². The van der Waals surface area contributed by atoms with Crippen LogP contribution in [0.25, 0.3) is 0 Å². The molecule has 0 unspecified atom stereocenters. The summed E-state index contributed by atoms with van der Waals surface area (Å²) < 4.78 is 0. The highest BCUT2D eigenvalue weighted by molar-refractivity contribution is 5.89. The average Bonchev–Trinajstić information content (AvgIpc) is 2.45. The molecule has 0 bridgehead atoms. The fourth-order valence-corrected chi connectivity index (χ4v) is 1.87. The molecule has 2 rings (SSSR count). The summed E-state index contributed by atoms with van der Waals surface area (Å²) in [6.45, 7) is 2.51. The van der Waals surface area contributed by atoms with E-state index in [0.29, 0.717) is 12.2 Å². The molecule has 3 nitrogen and oxygen atoms in total. The number of carbonyl (C=O) groups is 1. The lowest BCUT2D eigenvalue weighted by atomic mass is 10.1. The maximum absolute atomic E-state index is 11.8. The quantitative estimate of drug-likeness (QED) is 0.821. The lowest BCUT2D eigenvalue weighted by Crippen LogP contribution is -2.28.